The number of nitrogens with zero attached hydrogens (tertiary/aromatic N) is 1. The summed E-state index contributed by atoms with van der Waals surface area (Å²) in [7, 11) is 0. The van der Waals surface area contributed by atoms with E-state index < -0.39 is 0 Å². The number of anilines is 1. The molecule has 2 atom stereocenters. The average Bonchev–Trinajstić information content (AvgIpc) is 2.22. The Morgan fingerprint density at radius 2 is 2.18 bits per heavy atom. The van der Waals surface area contributed by atoms with E-state index in [-0.39, 0.29) is 0 Å². The number of hydrogen-bond acceptors (Lipinski definition) is 3. The molecule has 1 heterocycles. The third kappa shape index (κ3) is 3.49. The van der Waals surface area contributed by atoms with Gasteiger partial charge in [0.15, 0.2) is 5.17 Å². The summed E-state index contributed by atoms with van der Waals surface area (Å²) in [5.74, 6) is 0. The molecular formula is C13H17BrN2S. The van der Waals surface area contributed by atoms with E-state index in [0.29, 0.717) is 11.3 Å². The first-order chi connectivity index (χ1) is 8.04. The van der Waals surface area contributed by atoms with Gasteiger partial charge in [0.2, 0.25) is 0 Å². The van der Waals surface area contributed by atoms with Crippen LogP contribution in [0.3, 0.4) is 0 Å². The van der Waals surface area contributed by atoms with Crippen molar-refractivity contribution >= 4 is 38.5 Å². The van der Waals surface area contributed by atoms with Crippen molar-refractivity contribution in [1.82, 2.24) is 0 Å². The van der Waals surface area contributed by atoms with Crippen LogP contribution in [0.2, 0.25) is 0 Å². The van der Waals surface area contributed by atoms with Crippen molar-refractivity contribution < 1.29 is 0 Å². The van der Waals surface area contributed by atoms with Crippen LogP contribution in [-0.4, -0.2) is 16.5 Å². The Balaban J connectivity index is 2.12. The molecule has 92 valence electrons. The molecule has 2 nitrogen and oxygen atoms in total. The van der Waals surface area contributed by atoms with Crippen molar-refractivity contribution in [3.05, 3.63) is 28.2 Å². The van der Waals surface area contributed by atoms with Gasteiger partial charge >= 0.3 is 0 Å². The molecule has 0 aliphatic carbocycles. The zero-order valence-electron chi connectivity index (χ0n) is 10.3. The standard InChI is InChI=1S/C13H17BrN2S/c1-8-6-11(4-5-12(8)14)16-13-15-9(2)7-10(3)17-13/h4-6,9-10H,7H2,1-3H3,(H,15,16). The SMILES string of the molecule is Cc1cc(NC2=NC(C)CC(C)S2)ccc1Br. The Bertz CT molecular complexity index is 445. The molecule has 1 aliphatic heterocycles. The lowest BCUT2D eigenvalue weighted by atomic mass is 10.2. The zero-order valence-corrected chi connectivity index (χ0v) is 12.7. The number of halogens is 1. The summed E-state index contributed by atoms with van der Waals surface area (Å²) in [5.41, 5.74) is 2.34. The summed E-state index contributed by atoms with van der Waals surface area (Å²) in [6.07, 6.45) is 1.16. The molecule has 1 aromatic rings. The molecule has 1 aliphatic rings. The second kappa shape index (κ2) is 5.44. The predicted molar refractivity (Wildman–Crippen MR) is 81.1 cm³/mol. The van der Waals surface area contributed by atoms with Crippen LogP contribution >= 0.6 is 27.7 Å². The lowest BCUT2D eigenvalue weighted by Gasteiger charge is -2.23. The molecule has 0 bridgehead atoms. The van der Waals surface area contributed by atoms with Crippen LogP contribution in [0.15, 0.2) is 27.7 Å². The van der Waals surface area contributed by atoms with Gasteiger partial charge in [0.1, 0.15) is 0 Å². The number of benzene rings is 1. The maximum absolute atomic E-state index is 4.64. The summed E-state index contributed by atoms with van der Waals surface area (Å²) in [5, 5.41) is 5.08. The molecule has 0 fully saturated rings. The van der Waals surface area contributed by atoms with Gasteiger partial charge in [-0.1, -0.05) is 34.6 Å². The smallest absolute Gasteiger partial charge is 0.161 e. The highest BCUT2D eigenvalue weighted by atomic mass is 79.9. The number of thioether (sulfide) groups is 1. The molecule has 2 rings (SSSR count). The van der Waals surface area contributed by atoms with Crippen molar-refractivity contribution in [2.75, 3.05) is 5.32 Å². The quantitative estimate of drug-likeness (QED) is 0.829. The molecule has 0 amide bonds. The van der Waals surface area contributed by atoms with Crippen LogP contribution in [0, 0.1) is 6.92 Å². The first-order valence-electron chi connectivity index (χ1n) is 5.82. The monoisotopic (exact) mass is 312 g/mol. The van der Waals surface area contributed by atoms with Gasteiger partial charge in [-0.25, -0.2) is 0 Å². The van der Waals surface area contributed by atoms with Crippen LogP contribution in [0.4, 0.5) is 5.69 Å². The van der Waals surface area contributed by atoms with Crippen LogP contribution in [0.25, 0.3) is 0 Å². The Kier molecular flexibility index (Phi) is 4.15. The normalized spacial score (nSPS) is 24.4. The van der Waals surface area contributed by atoms with E-state index in [9.17, 15) is 0 Å². The van der Waals surface area contributed by atoms with E-state index in [1.807, 2.05) is 11.8 Å². The first kappa shape index (κ1) is 13.0. The van der Waals surface area contributed by atoms with E-state index in [1.165, 1.54) is 5.56 Å². The summed E-state index contributed by atoms with van der Waals surface area (Å²) in [6.45, 7) is 6.52. The zero-order chi connectivity index (χ0) is 12.4. The van der Waals surface area contributed by atoms with Gasteiger partial charge < -0.3 is 5.32 Å². The molecule has 0 spiro atoms. The maximum atomic E-state index is 4.64. The topological polar surface area (TPSA) is 24.4 Å². The minimum absolute atomic E-state index is 0.422. The third-order valence-electron chi connectivity index (χ3n) is 2.73. The second-order valence-electron chi connectivity index (χ2n) is 4.54. The second-order valence-corrected chi connectivity index (χ2v) is 6.82. The van der Waals surface area contributed by atoms with E-state index in [1.54, 1.807) is 0 Å². The molecular weight excluding hydrogens is 296 g/mol. The number of amidine groups is 1. The Hall–Kier alpha value is -0.480. The van der Waals surface area contributed by atoms with E-state index in [2.05, 4.69) is 65.2 Å². The highest BCUT2D eigenvalue weighted by molar-refractivity contribution is 9.10. The predicted octanol–water partition coefficient (Wildman–Crippen LogP) is 4.44. The molecule has 0 aromatic heterocycles. The van der Waals surface area contributed by atoms with Crippen LogP contribution in [-0.2, 0) is 0 Å². The number of aliphatic imine (C=N–C) groups is 1. The van der Waals surface area contributed by atoms with Gasteiger partial charge in [-0.05, 0) is 44.0 Å². The van der Waals surface area contributed by atoms with Crippen LogP contribution < -0.4 is 5.32 Å². The minimum atomic E-state index is 0.422. The van der Waals surface area contributed by atoms with Gasteiger partial charge in [0.25, 0.3) is 0 Å². The fourth-order valence-electron chi connectivity index (χ4n) is 1.91. The molecule has 0 radical (unpaired) electrons. The van der Waals surface area contributed by atoms with E-state index >= 15 is 0 Å². The highest BCUT2D eigenvalue weighted by Crippen LogP contribution is 2.27. The number of aryl methyl sites for hydroxylation is 1. The number of nitrogens with one attached hydrogen (secondary N) is 1. The fraction of sp³-hybridized carbons (Fsp3) is 0.462. The molecule has 0 saturated heterocycles. The van der Waals surface area contributed by atoms with Gasteiger partial charge in [-0.2, -0.15) is 0 Å². The largest absolute Gasteiger partial charge is 0.335 e. The fourth-order valence-corrected chi connectivity index (χ4v) is 3.33. The molecule has 0 saturated carbocycles. The van der Waals surface area contributed by atoms with E-state index in [0.717, 1.165) is 21.7 Å². The molecule has 2 unspecified atom stereocenters. The molecule has 1 N–H and O–H groups in total. The van der Waals surface area contributed by atoms with Crippen molar-refractivity contribution in [2.24, 2.45) is 4.99 Å². The minimum Gasteiger partial charge on any atom is -0.335 e. The van der Waals surface area contributed by atoms with Crippen molar-refractivity contribution in [1.29, 1.82) is 0 Å². The molecule has 17 heavy (non-hydrogen) atoms. The summed E-state index contributed by atoms with van der Waals surface area (Å²) in [6, 6.07) is 6.70. The third-order valence-corrected chi connectivity index (χ3v) is 4.65. The van der Waals surface area contributed by atoms with Crippen LogP contribution in [0.1, 0.15) is 25.8 Å². The van der Waals surface area contributed by atoms with Crippen molar-refractivity contribution in [3.8, 4) is 0 Å². The van der Waals surface area contributed by atoms with Crippen molar-refractivity contribution in [2.45, 2.75) is 38.5 Å². The van der Waals surface area contributed by atoms with Crippen LogP contribution in [0.5, 0.6) is 0 Å². The summed E-state index contributed by atoms with van der Waals surface area (Å²) in [4.78, 5) is 4.64. The number of hydrogen-bond donors (Lipinski definition) is 1. The summed E-state index contributed by atoms with van der Waals surface area (Å²) >= 11 is 5.33. The Labute approximate surface area is 115 Å². The van der Waals surface area contributed by atoms with Crippen molar-refractivity contribution in [3.63, 3.8) is 0 Å². The molecule has 4 heteroatoms. The van der Waals surface area contributed by atoms with E-state index in [4.69, 9.17) is 0 Å². The lowest BCUT2D eigenvalue weighted by Crippen LogP contribution is -2.22. The maximum Gasteiger partial charge on any atom is 0.161 e. The Morgan fingerprint density at radius 1 is 1.41 bits per heavy atom. The Morgan fingerprint density at radius 3 is 2.82 bits per heavy atom. The molecule has 1 aromatic carbocycles. The lowest BCUT2D eigenvalue weighted by molar-refractivity contribution is 0.661. The first-order valence-corrected chi connectivity index (χ1v) is 7.49. The summed E-state index contributed by atoms with van der Waals surface area (Å²) < 4.78 is 1.14. The highest BCUT2D eigenvalue weighted by Gasteiger charge is 2.18. The van der Waals surface area contributed by atoms with Gasteiger partial charge in [0, 0.05) is 15.4 Å². The van der Waals surface area contributed by atoms with Gasteiger partial charge in [0.05, 0.1) is 6.04 Å². The van der Waals surface area contributed by atoms with Gasteiger partial charge in [-0.3, -0.25) is 4.99 Å². The van der Waals surface area contributed by atoms with Gasteiger partial charge in [-0.15, -0.1) is 0 Å². The number of rotatable bonds is 1. The average molecular weight is 313 g/mol.